The zero-order valence-electron chi connectivity index (χ0n) is 13.8. The van der Waals surface area contributed by atoms with E-state index in [0.29, 0.717) is 0 Å². The Kier molecular flexibility index (Phi) is 4.35. The lowest BCUT2D eigenvalue weighted by Gasteiger charge is -2.20. The largest absolute Gasteiger partial charge is 0.359 e. The first kappa shape index (κ1) is 15.7. The second-order valence-corrected chi connectivity index (χ2v) is 6.70. The summed E-state index contributed by atoms with van der Waals surface area (Å²) in [4.78, 5) is 20.2. The van der Waals surface area contributed by atoms with Gasteiger partial charge in [0.25, 0.3) is 0 Å². The van der Waals surface area contributed by atoms with Gasteiger partial charge < -0.3 is 4.90 Å². The van der Waals surface area contributed by atoms with Gasteiger partial charge in [-0.15, -0.1) is 11.3 Å². The van der Waals surface area contributed by atoms with Crippen LogP contribution in [-0.2, 0) is 6.42 Å². The van der Waals surface area contributed by atoms with E-state index in [4.69, 9.17) is 9.97 Å². The van der Waals surface area contributed by atoms with Crippen molar-refractivity contribution in [3.63, 3.8) is 0 Å². The molecule has 0 spiro atoms. The van der Waals surface area contributed by atoms with E-state index in [1.165, 1.54) is 0 Å². The highest BCUT2D eigenvalue weighted by Gasteiger charge is 2.13. The van der Waals surface area contributed by atoms with Gasteiger partial charge in [-0.05, 0) is 24.3 Å². The smallest absolute Gasteiger partial charge is 0.162 e. The maximum atomic E-state index is 4.84. The molecule has 0 bridgehead atoms. The van der Waals surface area contributed by atoms with Crippen molar-refractivity contribution in [1.29, 1.82) is 0 Å². The summed E-state index contributed by atoms with van der Waals surface area (Å²) >= 11 is 1.69. The van der Waals surface area contributed by atoms with Crippen molar-refractivity contribution in [2.45, 2.75) is 6.42 Å². The average molecular weight is 347 g/mol. The number of fused-ring (bicyclic) bond motifs is 1. The van der Waals surface area contributed by atoms with Crippen LogP contribution < -0.4 is 4.90 Å². The van der Waals surface area contributed by atoms with Gasteiger partial charge in [-0.2, -0.15) is 0 Å². The van der Waals surface area contributed by atoms with Crippen molar-refractivity contribution >= 4 is 28.1 Å². The molecule has 0 fully saturated rings. The third kappa shape index (κ3) is 3.34. The van der Waals surface area contributed by atoms with E-state index in [0.717, 1.165) is 46.1 Å². The van der Waals surface area contributed by atoms with Crippen LogP contribution in [0.5, 0.6) is 0 Å². The molecular formula is C19H17N5S. The lowest BCUT2D eigenvalue weighted by molar-refractivity contribution is 0.856. The fraction of sp³-hybridized carbons (Fsp3) is 0.158. The summed E-state index contributed by atoms with van der Waals surface area (Å²) in [6.45, 7) is 0.851. The summed E-state index contributed by atoms with van der Waals surface area (Å²) in [6, 6.07) is 12.0. The first-order chi connectivity index (χ1) is 12.3. The molecule has 0 aliphatic rings. The summed E-state index contributed by atoms with van der Waals surface area (Å²) in [6.07, 6.45) is 6.28. The normalized spacial score (nSPS) is 10.9. The van der Waals surface area contributed by atoms with Crippen LogP contribution in [0.3, 0.4) is 0 Å². The average Bonchev–Trinajstić information content (AvgIpc) is 3.19. The van der Waals surface area contributed by atoms with E-state index < -0.39 is 0 Å². The van der Waals surface area contributed by atoms with Crippen molar-refractivity contribution in [2.24, 2.45) is 0 Å². The minimum Gasteiger partial charge on any atom is -0.359 e. The number of thiazole rings is 1. The second kappa shape index (κ2) is 6.94. The van der Waals surface area contributed by atoms with Gasteiger partial charge in [0.05, 0.1) is 10.5 Å². The molecular weight excluding hydrogens is 330 g/mol. The third-order valence-electron chi connectivity index (χ3n) is 4.03. The van der Waals surface area contributed by atoms with Gasteiger partial charge in [-0.1, -0.05) is 12.1 Å². The fourth-order valence-electron chi connectivity index (χ4n) is 2.73. The number of rotatable bonds is 5. The number of aromatic nitrogens is 4. The molecule has 0 amide bonds. The van der Waals surface area contributed by atoms with Crippen LogP contribution in [0.25, 0.3) is 22.3 Å². The zero-order chi connectivity index (χ0) is 17.1. The van der Waals surface area contributed by atoms with Crippen LogP contribution >= 0.6 is 11.3 Å². The molecule has 0 unspecified atom stereocenters. The van der Waals surface area contributed by atoms with Gasteiger partial charge in [-0.3, -0.25) is 4.98 Å². The number of pyridine rings is 1. The van der Waals surface area contributed by atoms with Crippen LogP contribution in [0, 0.1) is 0 Å². The Labute approximate surface area is 150 Å². The third-order valence-corrected chi connectivity index (χ3v) is 4.87. The van der Waals surface area contributed by atoms with Gasteiger partial charge in [0.2, 0.25) is 0 Å². The number of hydrogen-bond donors (Lipinski definition) is 0. The molecule has 0 aliphatic heterocycles. The number of hydrogen-bond acceptors (Lipinski definition) is 6. The molecule has 0 radical (unpaired) electrons. The molecule has 0 saturated carbocycles. The number of likely N-dealkylation sites (N-methyl/N-ethyl adjacent to an activating group) is 1. The number of benzene rings is 1. The molecule has 124 valence electrons. The summed E-state index contributed by atoms with van der Waals surface area (Å²) in [5.74, 6) is 1.66. The van der Waals surface area contributed by atoms with E-state index in [-0.39, 0.29) is 0 Å². The van der Waals surface area contributed by atoms with Gasteiger partial charge >= 0.3 is 0 Å². The quantitative estimate of drug-likeness (QED) is 0.549. The van der Waals surface area contributed by atoms with Crippen LogP contribution in [0.1, 0.15) is 5.01 Å². The molecule has 25 heavy (non-hydrogen) atoms. The topological polar surface area (TPSA) is 54.8 Å². The predicted molar refractivity (Wildman–Crippen MR) is 102 cm³/mol. The highest BCUT2D eigenvalue weighted by Crippen LogP contribution is 2.26. The van der Waals surface area contributed by atoms with Crippen molar-refractivity contribution in [2.75, 3.05) is 18.5 Å². The minimum absolute atomic E-state index is 0.720. The molecule has 5 nitrogen and oxygen atoms in total. The van der Waals surface area contributed by atoms with Crippen molar-refractivity contribution < 1.29 is 0 Å². The summed E-state index contributed by atoms with van der Waals surface area (Å²) in [5.41, 5.74) is 1.91. The highest BCUT2D eigenvalue weighted by atomic mass is 32.1. The number of para-hydroxylation sites is 1. The molecule has 6 heteroatoms. The molecule has 4 rings (SSSR count). The standard InChI is InChI=1S/C19H17N5S/c1-24(12-8-17-21-11-13-25-17)19-15-4-2-3-5-16(15)22-18(23-19)14-6-9-20-10-7-14/h2-7,9-11,13H,8,12H2,1H3. The van der Waals surface area contributed by atoms with Crippen LogP contribution in [0.15, 0.2) is 60.4 Å². The number of nitrogens with zero attached hydrogens (tertiary/aromatic N) is 5. The summed E-state index contributed by atoms with van der Waals surface area (Å²) < 4.78 is 0. The first-order valence-corrected chi connectivity index (χ1v) is 8.96. The summed E-state index contributed by atoms with van der Waals surface area (Å²) in [7, 11) is 2.07. The Bertz CT molecular complexity index is 970. The van der Waals surface area contributed by atoms with Crippen molar-refractivity contribution in [3.8, 4) is 11.4 Å². The lowest BCUT2D eigenvalue weighted by Crippen LogP contribution is -2.22. The molecule has 3 heterocycles. The Morgan fingerprint density at radius 2 is 1.84 bits per heavy atom. The lowest BCUT2D eigenvalue weighted by atomic mass is 10.2. The zero-order valence-corrected chi connectivity index (χ0v) is 14.6. The summed E-state index contributed by atoms with van der Waals surface area (Å²) in [5, 5.41) is 4.21. The van der Waals surface area contributed by atoms with E-state index in [1.807, 2.05) is 41.9 Å². The molecule has 3 aromatic heterocycles. The second-order valence-electron chi connectivity index (χ2n) is 5.72. The minimum atomic E-state index is 0.720. The van der Waals surface area contributed by atoms with E-state index in [2.05, 4.69) is 28.0 Å². The van der Waals surface area contributed by atoms with Gasteiger partial charge in [0, 0.05) is 54.9 Å². The van der Waals surface area contributed by atoms with Crippen molar-refractivity contribution in [3.05, 3.63) is 65.4 Å². The Morgan fingerprint density at radius 3 is 2.64 bits per heavy atom. The maximum Gasteiger partial charge on any atom is 0.162 e. The monoisotopic (exact) mass is 347 g/mol. The van der Waals surface area contributed by atoms with E-state index in [9.17, 15) is 0 Å². The number of anilines is 1. The van der Waals surface area contributed by atoms with Crippen LogP contribution in [-0.4, -0.2) is 33.5 Å². The van der Waals surface area contributed by atoms with Gasteiger partial charge in [0.1, 0.15) is 5.82 Å². The Hall–Kier alpha value is -2.86. The molecule has 0 N–H and O–H groups in total. The van der Waals surface area contributed by atoms with Gasteiger partial charge in [-0.25, -0.2) is 15.0 Å². The predicted octanol–water partition coefficient (Wildman–Crippen LogP) is 3.83. The Morgan fingerprint density at radius 1 is 1.00 bits per heavy atom. The molecule has 1 aromatic carbocycles. The van der Waals surface area contributed by atoms with E-state index in [1.54, 1.807) is 23.7 Å². The molecule has 0 saturated heterocycles. The molecule has 0 atom stereocenters. The van der Waals surface area contributed by atoms with Crippen LogP contribution in [0.4, 0.5) is 5.82 Å². The van der Waals surface area contributed by atoms with E-state index >= 15 is 0 Å². The highest BCUT2D eigenvalue weighted by molar-refractivity contribution is 7.09. The molecule has 4 aromatic rings. The van der Waals surface area contributed by atoms with Crippen molar-refractivity contribution in [1.82, 2.24) is 19.9 Å². The first-order valence-electron chi connectivity index (χ1n) is 8.08. The molecule has 0 aliphatic carbocycles. The van der Waals surface area contributed by atoms with Crippen LogP contribution in [0.2, 0.25) is 0 Å². The SMILES string of the molecule is CN(CCc1nccs1)c1nc(-c2ccncc2)nc2ccccc12. The Balaban J connectivity index is 1.73. The van der Waals surface area contributed by atoms with Gasteiger partial charge in [0.15, 0.2) is 5.82 Å². The fourth-order valence-corrected chi connectivity index (χ4v) is 3.34. The maximum absolute atomic E-state index is 4.84.